The molecule has 0 saturated carbocycles. The largest absolute Gasteiger partial charge is 1.00 e. The predicted molar refractivity (Wildman–Crippen MR) is 92.1 cm³/mol. The number of benzene rings is 1. The smallest absolute Gasteiger partial charge is 0.267 e. The fourth-order valence-electron chi connectivity index (χ4n) is 3.37. The Hall–Kier alpha value is -2.05. The molecule has 25 heavy (non-hydrogen) atoms. The van der Waals surface area contributed by atoms with Gasteiger partial charge < -0.3 is 33.1 Å². The van der Waals surface area contributed by atoms with E-state index in [9.17, 15) is 14.7 Å². The van der Waals surface area contributed by atoms with Gasteiger partial charge in [0.25, 0.3) is 11.5 Å². The van der Waals surface area contributed by atoms with Crippen LogP contribution in [-0.4, -0.2) is 28.7 Å². The quantitative estimate of drug-likeness (QED) is 0.485. The summed E-state index contributed by atoms with van der Waals surface area (Å²) >= 11 is 0. The van der Waals surface area contributed by atoms with Crippen molar-refractivity contribution in [1.82, 2.24) is 9.88 Å². The number of halogens is 1. The molecular weight excluding hydrogens is 342 g/mol. The third-order valence-electron chi connectivity index (χ3n) is 4.63. The fraction of sp³-hybridized carbons (Fsp3) is 0.444. The molecule has 1 amide bonds. The van der Waals surface area contributed by atoms with Crippen LogP contribution in [0.2, 0.25) is 0 Å². The lowest BCUT2D eigenvalue weighted by atomic mass is 10.1. The molecule has 0 aliphatic carbocycles. The Morgan fingerprint density at radius 2 is 2.00 bits per heavy atom. The second-order valence-corrected chi connectivity index (χ2v) is 6.27. The van der Waals surface area contributed by atoms with Crippen LogP contribution >= 0.6 is 0 Å². The summed E-state index contributed by atoms with van der Waals surface area (Å²) in [5.74, 6) is -0.692. The summed E-state index contributed by atoms with van der Waals surface area (Å²) in [6.07, 6.45) is 4.82. The van der Waals surface area contributed by atoms with Crippen molar-refractivity contribution in [3.05, 3.63) is 39.7 Å². The lowest BCUT2D eigenvalue weighted by molar-refractivity contribution is -0.368. The summed E-state index contributed by atoms with van der Waals surface area (Å²) in [4.78, 5) is 25.0. The summed E-state index contributed by atoms with van der Waals surface area (Å²) in [5.41, 5.74) is 5.05. The van der Waals surface area contributed by atoms with E-state index in [4.69, 9.17) is 0 Å². The molecule has 3 rings (SSSR count). The number of aromatic hydroxyl groups is 1. The van der Waals surface area contributed by atoms with E-state index in [2.05, 4.69) is 11.1 Å². The summed E-state index contributed by atoms with van der Waals surface area (Å²) < 4.78 is 1.60. The molecule has 1 aliphatic rings. The molecule has 2 aromatic rings. The number of unbranched alkanes of at least 4 members (excludes halogenated alkanes) is 3. The van der Waals surface area contributed by atoms with Gasteiger partial charge in [0.1, 0.15) is 11.3 Å². The summed E-state index contributed by atoms with van der Waals surface area (Å²) in [6.45, 7) is 1.99. The van der Waals surface area contributed by atoms with Gasteiger partial charge in [-0.05, 0) is 37.3 Å². The molecule has 7 heteroatoms. The number of nitrogens with zero attached hydrogens (tertiary/aromatic N) is 1. The van der Waals surface area contributed by atoms with Gasteiger partial charge in [-0.15, -0.1) is 0 Å². The average molecular weight is 366 g/mol. The molecular formula is C18H24ClN3O3. The number of carbonyl (C=O) groups excluding carboxylic acids is 1. The van der Waals surface area contributed by atoms with Gasteiger partial charge in [-0.1, -0.05) is 18.6 Å². The number of aryl methyl sites for hydroxylation is 2. The number of pyridine rings is 1. The molecule has 1 aromatic carbocycles. The van der Waals surface area contributed by atoms with Gasteiger partial charge in [0.05, 0.1) is 12.1 Å². The monoisotopic (exact) mass is 365 g/mol. The maximum atomic E-state index is 12.6. The second-order valence-electron chi connectivity index (χ2n) is 6.27. The molecule has 0 bridgehead atoms. The highest BCUT2D eigenvalue weighted by Crippen LogP contribution is 2.31. The minimum Gasteiger partial charge on any atom is -1.00 e. The Morgan fingerprint density at radius 1 is 1.24 bits per heavy atom. The van der Waals surface area contributed by atoms with Crippen LogP contribution in [0.4, 0.5) is 0 Å². The van der Waals surface area contributed by atoms with Crippen LogP contribution in [0.15, 0.2) is 23.0 Å². The minimum atomic E-state index is -0.488. The SMILES string of the molecule is [Cl-].[NH3+]CCCCCCNC(=O)c1c(O)c2cccc3c2n(c1=O)CC3. The minimum absolute atomic E-state index is 0. The Morgan fingerprint density at radius 3 is 2.76 bits per heavy atom. The van der Waals surface area contributed by atoms with Crippen LogP contribution in [0, 0.1) is 0 Å². The molecule has 1 aromatic heterocycles. The van der Waals surface area contributed by atoms with E-state index >= 15 is 0 Å². The first-order valence-corrected chi connectivity index (χ1v) is 8.60. The molecule has 136 valence electrons. The summed E-state index contributed by atoms with van der Waals surface area (Å²) in [5, 5.41) is 13.8. The van der Waals surface area contributed by atoms with Gasteiger partial charge in [0.15, 0.2) is 0 Å². The number of aromatic nitrogens is 1. The molecule has 0 unspecified atom stereocenters. The van der Waals surface area contributed by atoms with Crippen LogP contribution in [0.5, 0.6) is 5.75 Å². The average Bonchev–Trinajstić information content (AvgIpc) is 3.01. The van der Waals surface area contributed by atoms with Crippen LogP contribution in [0.1, 0.15) is 41.6 Å². The maximum Gasteiger partial charge on any atom is 0.267 e. The first-order valence-electron chi connectivity index (χ1n) is 8.60. The first-order chi connectivity index (χ1) is 11.6. The molecule has 2 heterocycles. The zero-order valence-electron chi connectivity index (χ0n) is 14.2. The number of carbonyl (C=O) groups is 1. The van der Waals surface area contributed by atoms with E-state index in [0.29, 0.717) is 18.5 Å². The first kappa shape index (κ1) is 19.3. The maximum absolute atomic E-state index is 12.6. The summed E-state index contributed by atoms with van der Waals surface area (Å²) in [7, 11) is 0. The van der Waals surface area contributed by atoms with E-state index in [1.165, 1.54) is 0 Å². The van der Waals surface area contributed by atoms with Crippen molar-refractivity contribution >= 4 is 16.8 Å². The van der Waals surface area contributed by atoms with Gasteiger partial charge in [-0.3, -0.25) is 9.59 Å². The molecule has 0 saturated heterocycles. The van der Waals surface area contributed by atoms with Crippen molar-refractivity contribution in [2.75, 3.05) is 13.1 Å². The number of para-hydroxylation sites is 1. The summed E-state index contributed by atoms with van der Waals surface area (Å²) in [6, 6.07) is 5.56. The Labute approximate surface area is 152 Å². The van der Waals surface area contributed by atoms with E-state index < -0.39 is 11.5 Å². The molecule has 5 N–H and O–H groups in total. The van der Waals surface area contributed by atoms with Crippen molar-refractivity contribution < 1.29 is 28.0 Å². The van der Waals surface area contributed by atoms with E-state index in [1.807, 2.05) is 12.1 Å². The van der Waals surface area contributed by atoms with Crippen molar-refractivity contribution in [2.24, 2.45) is 0 Å². The molecule has 0 fully saturated rings. The zero-order chi connectivity index (χ0) is 17.1. The van der Waals surface area contributed by atoms with E-state index in [0.717, 1.165) is 49.7 Å². The van der Waals surface area contributed by atoms with E-state index in [-0.39, 0.29) is 23.7 Å². The predicted octanol–water partition coefficient (Wildman–Crippen LogP) is -2.20. The molecule has 1 aliphatic heterocycles. The van der Waals surface area contributed by atoms with Crippen LogP contribution in [0.3, 0.4) is 0 Å². The van der Waals surface area contributed by atoms with Crippen LogP contribution in [-0.2, 0) is 13.0 Å². The van der Waals surface area contributed by atoms with Gasteiger partial charge in [-0.25, -0.2) is 0 Å². The van der Waals surface area contributed by atoms with Crippen molar-refractivity contribution in [3.8, 4) is 5.75 Å². The number of amides is 1. The van der Waals surface area contributed by atoms with Crippen molar-refractivity contribution in [3.63, 3.8) is 0 Å². The number of hydrogen-bond donors (Lipinski definition) is 3. The van der Waals surface area contributed by atoms with Crippen molar-refractivity contribution in [2.45, 2.75) is 38.6 Å². The number of quaternary nitrogens is 1. The lowest BCUT2D eigenvalue weighted by Gasteiger charge is -2.11. The topological polar surface area (TPSA) is 99.0 Å². The van der Waals surface area contributed by atoms with Gasteiger partial charge >= 0.3 is 0 Å². The number of hydrogen-bond acceptors (Lipinski definition) is 3. The molecule has 0 radical (unpaired) electrons. The third kappa shape index (κ3) is 3.65. The second kappa shape index (κ2) is 8.36. The van der Waals surface area contributed by atoms with E-state index in [1.54, 1.807) is 10.6 Å². The Kier molecular flexibility index (Phi) is 6.45. The molecule has 6 nitrogen and oxygen atoms in total. The Balaban J connectivity index is 0.00000225. The lowest BCUT2D eigenvalue weighted by Crippen LogP contribution is -3.00. The normalized spacial score (nSPS) is 12.2. The zero-order valence-corrected chi connectivity index (χ0v) is 14.9. The van der Waals surface area contributed by atoms with Gasteiger partial charge in [0, 0.05) is 18.5 Å². The molecule has 0 spiro atoms. The highest BCUT2D eigenvalue weighted by Gasteiger charge is 2.25. The fourth-order valence-corrected chi connectivity index (χ4v) is 3.37. The van der Waals surface area contributed by atoms with Crippen LogP contribution in [0.25, 0.3) is 10.9 Å². The highest BCUT2D eigenvalue weighted by atomic mass is 35.5. The van der Waals surface area contributed by atoms with Crippen molar-refractivity contribution in [1.29, 1.82) is 0 Å². The standard InChI is InChI=1S/C18H23N3O3.ClH/c19-9-3-1-2-4-10-20-17(23)14-16(22)13-7-5-6-12-8-11-21(15(12)13)18(14)24;/h5-7,22H,1-4,8-11,19H2,(H,20,23);1H. The third-order valence-corrected chi connectivity index (χ3v) is 4.63. The van der Waals surface area contributed by atoms with Gasteiger partial charge in [-0.2, -0.15) is 0 Å². The van der Waals surface area contributed by atoms with Gasteiger partial charge in [0.2, 0.25) is 0 Å². The van der Waals surface area contributed by atoms with Crippen LogP contribution < -0.4 is 29.0 Å². The number of rotatable bonds is 7. The molecule has 0 atom stereocenters. The Bertz CT molecular complexity index is 832. The number of nitrogens with one attached hydrogen (secondary N) is 1. The highest BCUT2D eigenvalue weighted by molar-refractivity contribution is 6.03.